The molecule has 0 aromatic heterocycles. The summed E-state index contributed by atoms with van der Waals surface area (Å²) < 4.78 is 28.0. The van der Waals surface area contributed by atoms with Gasteiger partial charge in [0.25, 0.3) is 0 Å². The van der Waals surface area contributed by atoms with Gasteiger partial charge >= 0.3 is 0 Å². The number of hydrogen-bond acceptors (Lipinski definition) is 3. The number of benzene rings is 2. The normalized spacial score (nSPS) is 17.3. The van der Waals surface area contributed by atoms with E-state index in [2.05, 4.69) is 12.2 Å². The first-order chi connectivity index (χ1) is 12.9. The van der Waals surface area contributed by atoms with Gasteiger partial charge in [-0.15, -0.1) is 0 Å². The van der Waals surface area contributed by atoms with Crippen LogP contribution in [-0.4, -0.2) is 31.2 Å². The van der Waals surface area contributed by atoms with Crippen LogP contribution in [0.1, 0.15) is 36.5 Å². The van der Waals surface area contributed by atoms with Gasteiger partial charge in [-0.1, -0.05) is 49.7 Å². The van der Waals surface area contributed by atoms with Crippen molar-refractivity contribution in [3.63, 3.8) is 0 Å². The minimum absolute atomic E-state index is 0.207. The number of fused-ring (bicyclic) bond motifs is 1. The number of unbranched alkanes of at least 4 members (excludes halogenated alkanes) is 1. The van der Waals surface area contributed by atoms with Gasteiger partial charge in [0, 0.05) is 13.1 Å². The monoisotopic (exact) mass is 386 g/mol. The highest BCUT2D eigenvalue weighted by atomic mass is 32.2. The Morgan fingerprint density at radius 3 is 2.59 bits per heavy atom. The number of sulfonamides is 1. The average molecular weight is 387 g/mol. The van der Waals surface area contributed by atoms with Crippen molar-refractivity contribution in [1.82, 2.24) is 9.62 Å². The molecule has 27 heavy (non-hydrogen) atoms. The molecular weight excluding hydrogens is 360 g/mol. The van der Waals surface area contributed by atoms with Crippen LogP contribution in [0.25, 0.3) is 0 Å². The summed E-state index contributed by atoms with van der Waals surface area (Å²) in [5, 5.41) is 2.90. The predicted octanol–water partition coefficient (Wildman–Crippen LogP) is 3.03. The first-order valence-corrected chi connectivity index (χ1v) is 10.8. The van der Waals surface area contributed by atoms with E-state index in [4.69, 9.17) is 0 Å². The Balaban J connectivity index is 1.97. The third-order valence-corrected chi connectivity index (χ3v) is 6.78. The lowest BCUT2D eigenvalue weighted by Gasteiger charge is -2.35. The van der Waals surface area contributed by atoms with Crippen LogP contribution in [0.2, 0.25) is 0 Å². The Morgan fingerprint density at radius 2 is 1.89 bits per heavy atom. The molecule has 3 rings (SSSR count). The number of carbonyl (C=O) groups is 1. The second kappa shape index (κ2) is 8.23. The maximum atomic E-state index is 13.3. The van der Waals surface area contributed by atoms with Gasteiger partial charge in [-0.2, -0.15) is 4.31 Å². The molecule has 0 bridgehead atoms. The van der Waals surface area contributed by atoms with E-state index < -0.39 is 16.1 Å². The fourth-order valence-corrected chi connectivity index (χ4v) is 5.06. The van der Waals surface area contributed by atoms with Crippen molar-refractivity contribution in [3.05, 3.63) is 65.2 Å². The molecule has 0 saturated heterocycles. The molecule has 2 aromatic carbocycles. The lowest BCUT2D eigenvalue weighted by molar-refractivity contribution is -0.125. The molecule has 0 aliphatic carbocycles. The van der Waals surface area contributed by atoms with Crippen LogP contribution in [0.5, 0.6) is 0 Å². The van der Waals surface area contributed by atoms with Crippen molar-refractivity contribution in [1.29, 1.82) is 0 Å². The molecule has 2 aromatic rings. The third kappa shape index (κ3) is 4.22. The highest BCUT2D eigenvalue weighted by Gasteiger charge is 2.39. The maximum absolute atomic E-state index is 13.3. The van der Waals surface area contributed by atoms with E-state index in [1.165, 1.54) is 4.31 Å². The molecule has 1 aliphatic heterocycles. The maximum Gasteiger partial charge on any atom is 0.244 e. The standard InChI is InChI=1S/C21H26N2O3S/c1-3-4-12-22-21(24)20-14-17-9-5-6-10-18(17)15-23(20)27(25,26)19-11-7-8-16(2)13-19/h5-11,13,20H,3-4,12,14-15H2,1-2H3,(H,22,24). The largest absolute Gasteiger partial charge is 0.355 e. The van der Waals surface area contributed by atoms with Gasteiger partial charge in [0.2, 0.25) is 15.9 Å². The molecule has 5 nitrogen and oxygen atoms in total. The number of aryl methyl sites for hydroxylation is 1. The number of carbonyl (C=O) groups excluding carboxylic acids is 1. The Bertz CT molecular complexity index is 925. The summed E-state index contributed by atoms with van der Waals surface area (Å²) in [5.41, 5.74) is 2.85. The quantitative estimate of drug-likeness (QED) is 0.776. The third-order valence-electron chi connectivity index (χ3n) is 4.93. The van der Waals surface area contributed by atoms with Crippen LogP contribution in [0.4, 0.5) is 0 Å². The van der Waals surface area contributed by atoms with Crippen molar-refractivity contribution in [2.45, 2.75) is 50.6 Å². The van der Waals surface area contributed by atoms with E-state index in [1.54, 1.807) is 18.2 Å². The Kier molecular flexibility index (Phi) is 5.97. The second-order valence-electron chi connectivity index (χ2n) is 7.00. The van der Waals surface area contributed by atoms with Gasteiger partial charge < -0.3 is 5.32 Å². The summed E-state index contributed by atoms with van der Waals surface area (Å²) in [5.74, 6) is -0.228. The van der Waals surface area contributed by atoms with Crippen LogP contribution >= 0.6 is 0 Å². The molecule has 0 fully saturated rings. The molecule has 144 valence electrons. The average Bonchev–Trinajstić information content (AvgIpc) is 2.67. The van der Waals surface area contributed by atoms with Crippen molar-refractivity contribution < 1.29 is 13.2 Å². The number of hydrogen-bond donors (Lipinski definition) is 1. The van der Waals surface area contributed by atoms with E-state index >= 15 is 0 Å². The molecule has 0 radical (unpaired) electrons. The van der Waals surface area contributed by atoms with Crippen LogP contribution in [0, 0.1) is 6.92 Å². The highest BCUT2D eigenvalue weighted by Crippen LogP contribution is 2.29. The minimum atomic E-state index is -3.78. The van der Waals surface area contributed by atoms with Crippen LogP contribution < -0.4 is 5.32 Å². The zero-order chi connectivity index (χ0) is 19.4. The first-order valence-electron chi connectivity index (χ1n) is 9.36. The molecule has 1 heterocycles. The van der Waals surface area contributed by atoms with Gasteiger partial charge in [0.15, 0.2) is 0 Å². The first kappa shape index (κ1) is 19.6. The second-order valence-corrected chi connectivity index (χ2v) is 8.89. The summed E-state index contributed by atoms with van der Waals surface area (Å²) >= 11 is 0. The molecule has 1 unspecified atom stereocenters. The number of amides is 1. The van der Waals surface area contributed by atoms with E-state index in [1.807, 2.05) is 37.3 Å². The van der Waals surface area contributed by atoms with Crippen molar-refractivity contribution >= 4 is 15.9 Å². The van der Waals surface area contributed by atoms with Crippen LogP contribution in [0.15, 0.2) is 53.4 Å². The predicted molar refractivity (Wildman–Crippen MR) is 106 cm³/mol. The van der Waals surface area contributed by atoms with Crippen LogP contribution in [-0.2, 0) is 27.8 Å². The molecule has 6 heteroatoms. The Labute approximate surface area is 161 Å². The van der Waals surface area contributed by atoms with Gasteiger partial charge in [0.05, 0.1) is 4.90 Å². The molecule has 0 spiro atoms. The number of nitrogens with zero attached hydrogens (tertiary/aromatic N) is 1. The molecule has 1 N–H and O–H groups in total. The number of nitrogens with one attached hydrogen (secondary N) is 1. The van der Waals surface area contributed by atoms with E-state index in [9.17, 15) is 13.2 Å². The molecule has 1 atom stereocenters. The molecule has 0 saturated carbocycles. The lowest BCUT2D eigenvalue weighted by Crippen LogP contribution is -2.52. The molecule has 1 aliphatic rings. The lowest BCUT2D eigenvalue weighted by atomic mass is 9.95. The Hall–Kier alpha value is -2.18. The van der Waals surface area contributed by atoms with Gasteiger partial charge in [-0.25, -0.2) is 8.42 Å². The smallest absolute Gasteiger partial charge is 0.244 e. The topological polar surface area (TPSA) is 66.5 Å². The summed E-state index contributed by atoms with van der Waals surface area (Å²) in [6.45, 7) is 4.68. The van der Waals surface area contributed by atoms with Gasteiger partial charge in [-0.3, -0.25) is 4.79 Å². The highest BCUT2D eigenvalue weighted by molar-refractivity contribution is 7.89. The zero-order valence-electron chi connectivity index (χ0n) is 15.8. The summed E-state index contributed by atoms with van der Waals surface area (Å²) in [4.78, 5) is 13.1. The van der Waals surface area contributed by atoms with E-state index in [-0.39, 0.29) is 17.3 Å². The summed E-state index contributed by atoms with van der Waals surface area (Å²) in [6, 6.07) is 13.8. The number of rotatable bonds is 6. The van der Waals surface area contributed by atoms with E-state index in [0.717, 1.165) is 29.5 Å². The minimum Gasteiger partial charge on any atom is -0.355 e. The van der Waals surface area contributed by atoms with Gasteiger partial charge in [-0.05, 0) is 48.6 Å². The Morgan fingerprint density at radius 1 is 1.15 bits per heavy atom. The zero-order valence-corrected chi connectivity index (χ0v) is 16.6. The fraction of sp³-hybridized carbons (Fsp3) is 0.381. The SMILES string of the molecule is CCCCNC(=O)C1Cc2ccccc2CN1S(=O)(=O)c1cccc(C)c1. The van der Waals surface area contributed by atoms with Gasteiger partial charge in [0.1, 0.15) is 6.04 Å². The van der Waals surface area contributed by atoms with E-state index in [0.29, 0.717) is 13.0 Å². The summed E-state index contributed by atoms with van der Waals surface area (Å²) in [6.07, 6.45) is 2.23. The van der Waals surface area contributed by atoms with Crippen molar-refractivity contribution in [2.24, 2.45) is 0 Å². The van der Waals surface area contributed by atoms with Crippen LogP contribution in [0.3, 0.4) is 0 Å². The molecule has 1 amide bonds. The van der Waals surface area contributed by atoms with Crippen molar-refractivity contribution in [3.8, 4) is 0 Å². The fourth-order valence-electron chi connectivity index (χ4n) is 3.39. The summed E-state index contributed by atoms with van der Waals surface area (Å²) in [7, 11) is -3.78. The van der Waals surface area contributed by atoms with Crippen molar-refractivity contribution in [2.75, 3.05) is 6.54 Å². The molecular formula is C21H26N2O3S.